The molecule has 4 nitrogen and oxygen atoms in total. The molecular weight excluding hydrogens is 260 g/mol. The molecular formula is C17H12N4. The van der Waals surface area contributed by atoms with E-state index in [4.69, 9.17) is 0 Å². The third-order valence-electron chi connectivity index (χ3n) is 4.21. The molecule has 21 heavy (non-hydrogen) atoms. The van der Waals surface area contributed by atoms with Gasteiger partial charge in [0.1, 0.15) is 0 Å². The number of hydrogen-bond donors (Lipinski definition) is 0. The molecule has 4 heteroatoms. The lowest BCUT2D eigenvalue weighted by Gasteiger charge is -2.08. The summed E-state index contributed by atoms with van der Waals surface area (Å²) in [6.07, 6.45) is 5.75. The van der Waals surface area contributed by atoms with E-state index < -0.39 is 0 Å². The molecule has 0 aliphatic heterocycles. The van der Waals surface area contributed by atoms with Gasteiger partial charge in [-0.2, -0.15) is 5.10 Å². The van der Waals surface area contributed by atoms with Gasteiger partial charge in [-0.15, -0.1) is 0 Å². The van der Waals surface area contributed by atoms with Gasteiger partial charge in [0, 0.05) is 41.1 Å². The number of nitrogens with zero attached hydrogens (tertiary/aromatic N) is 4. The zero-order valence-electron chi connectivity index (χ0n) is 11.5. The monoisotopic (exact) mass is 272 g/mol. The van der Waals surface area contributed by atoms with Gasteiger partial charge in [0.25, 0.3) is 0 Å². The molecule has 0 spiro atoms. The van der Waals surface area contributed by atoms with Crippen LogP contribution >= 0.6 is 0 Å². The van der Waals surface area contributed by atoms with E-state index in [1.807, 2.05) is 29.0 Å². The van der Waals surface area contributed by atoms with Gasteiger partial charge < -0.3 is 4.57 Å². The van der Waals surface area contributed by atoms with E-state index in [2.05, 4.69) is 52.2 Å². The summed E-state index contributed by atoms with van der Waals surface area (Å²) >= 11 is 0. The molecule has 4 heterocycles. The van der Waals surface area contributed by atoms with Crippen LogP contribution in [-0.2, 0) is 7.05 Å². The fraction of sp³-hybridized carbons (Fsp3) is 0.0588. The van der Waals surface area contributed by atoms with Crippen molar-refractivity contribution >= 4 is 38.2 Å². The average molecular weight is 272 g/mol. The van der Waals surface area contributed by atoms with Crippen LogP contribution in [0.1, 0.15) is 0 Å². The Kier molecular flexibility index (Phi) is 1.86. The minimum Gasteiger partial charge on any atom is -0.351 e. The molecule has 0 unspecified atom stereocenters. The van der Waals surface area contributed by atoms with Crippen LogP contribution in [0.2, 0.25) is 0 Å². The zero-order valence-corrected chi connectivity index (χ0v) is 11.5. The van der Waals surface area contributed by atoms with Crippen LogP contribution < -0.4 is 0 Å². The average Bonchev–Trinajstić information content (AvgIpc) is 3.14. The van der Waals surface area contributed by atoms with Gasteiger partial charge in [-0.25, -0.2) is 4.52 Å². The SMILES string of the molecule is Cn1ccc2cc3c(cc21)c1cccnc1c1ccnn31. The van der Waals surface area contributed by atoms with E-state index in [0.717, 1.165) is 16.6 Å². The van der Waals surface area contributed by atoms with Gasteiger partial charge >= 0.3 is 0 Å². The van der Waals surface area contributed by atoms with Crippen molar-refractivity contribution < 1.29 is 0 Å². The van der Waals surface area contributed by atoms with Crippen molar-refractivity contribution in [2.75, 3.05) is 0 Å². The molecule has 0 radical (unpaired) electrons. The molecule has 100 valence electrons. The first-order valence-electron chi connectivity index (χ1n) is 6.92. The summed E-state index contributed by atoms with van der Waals surface area (Å²) in [5.41, 5.74) is 4.39. The quantitative estimate of drug-likeness (QED) is 0.404. The van der Waals surface area contributed by atoms with E-state index in [1.54, 1.807) is 0 Å². The second-order valence-electron chi connectivity index (χ2n) is 5.38. The highest BCUT2D eigenvalue weighted by Crippen LogP contribution is 2.31. The second kappa shape index (κ2) is 3.61. The van der Waals surface area contributed by atoms with Gasteiger partial charge in [0.15, 0.2) is 0 Å². The van der Waals surface area contributed by atoms with Gasteiger partial charge in [0.2, 0.25) is 0 Å². The lowest BCUT2D eigenvalue weighted by atomic mass is 10.1. The Morgan fingerprint density at radius 2 is 1.86 bits per heavy atom. The van der Waals surface area contributed by atoms with Crippen molar-refractivity contribution in [2.45, 2.75) is 0 Å². The molecule has 0 fully saturated rings. The number of fused-ring (bicyclic) bond motifs is 7. The molecule has 0 saturated heterocycles. The lowest BCUT2D eigenvalue weighted by Crippen LogP contribution is -1.94. The third kappa shape index (κ3) is 1.29. The van der Waals surface area contributed by atoms with Crippen molar-refractivity contribution in [1.29, 1.82) is 0 Å². The van der Waals surface area contributed by atoms with Gasteiger partial charge in [-0.1, -0.05) is 6.07 Å². The van der Waals surface area contributed by atoms with Gasteiger partial charge in [-0.05, 0) is 30.3 Å². The number of benzene rings is 1. The maximum Gasteiger partial charge on any atom is 0.0966 e. The van der Waals surface area contributed by atoms with Crippen molar-refractivity contribution in [2.24, 2.45) is 7.05 Å². The highest BCUT2D eigenvalue weighted by Gasteiger charge is 2.11. The summed E-state index contributed by atoms with van der Waals surface area (Å²) in [6, 6.07) is 12.7. The normalized spacial score (nSPS) is 12.0. The maximum absolute atomic E-state index is 4.55. The van der Waals surface area contributed by atoms with Crippen molar-refractivity contribution in [1.82, 2.24) is 19.2 Å². The molecule has 0 amide bonds. The number of hydrogen-bond acceptors (Lipinski definition) is 2. The van der Waals surface area contributed by atoms with Crippen molar-refractivity contribution in [3.8, 4) is 0 Å². The standard InChI is InChI=1S/C17H12N4/c1-20-8-5-11-9-16-13(10-15(11)20)12-3-2-6-18-17(12)14-4-7-19-21(14)16/h2-10H,1H3. The largest absolute Gasteiger partial charge is 0.351 e. The summed E-state index contributed by atoms with van der Waals surface area (Å²) in [6.45, 7) is 0. The number of aromatic nitrogens is 4. The Morgan fingerprint density at radius 3 is 2.81 bits per heavy atom. The van der Waals surface area contributed by atoms with E-state index in [1.165, 1.54) is 21.7 Å². The van der Waals surface area contributed by atoms with Crippen molar-refractivity contribution in [3.05, 3.63) is 55.0 Å². The molecule has 0 aliphatic carbocycles. The Hall–Kier alpha value is -2.88. The molecule has 0 saturated carbocycles. The van der Waals surface area contributed by atoms with Crippen molar-refractivity contribution in [3.63, 3.8) is 0 Å². The smallest absolute Gasteiger partial charge is 0.0966 e. The molecule has 5 aromatic rings. The summed E-state index contributed by atoms with van der Waals surface area (Å²) in [4.78, 5) is 4.55. The second-order valence-corrected chi connectivity index (χ2v) is 5.38. The predicted molar refractivity (Wildman–Crippen MR) is 84.5 cm³/mol. The maximum atomic E-state index is 4.55. The van der Waals surface area contributed by atoms with Crippen LogP contribution in [0.25, 0.3) is 38.2 Å². The lowest BCUT2D eigenvalue weighted by molar-refractivity contribution is 0.969. The van der Waals surface area contributed by atoms with Crippen LogP contribution in [0.3, 0.4) is 0 Å². The summed E-state index contributed by atoms with van der Waals surface area (Å²) in [5, 5.41) is 8.06. The number of rotatable bonds is 0. The topological polar surface area (TPSA) is 35.1 Å². The molecule has 0 atom stereocenters. The van der Waals surface area contributed by atoms with E-state index in [-0.39, 0.29) is 0 Å². The summed E-state index contributed by atoms with van der Waals surface area (Å²) in [7, 11) is 2.07. The highest BCUT2D eigenvalue weighted by molar-refractivity contribution is 6.13. The van der Waals surface area contributed by atoms with E-state index in [0.29, 0.717) is 0 Å². The first kappa shape index (κ1) is 10.9. The predicted octanol–water partition coefficient (Wildman–Crippen LogP) is 3.53. The molecule has 4 aromatic heterocycles. The Balaban J connectivity index is 2.19. The molecule has 1 aromatic carbocycles. The Morgan fingerprint density at radius 1 is 0.905 bits per heavy atom. The minimum atomic E-state index is 0.996. The summed E-state index contributed by atoms with van der Waals surface area (Å²) in [5.74, 6) is 0. The van der Waals surface area contributed by atoms with Gasteiger partial charge in [0.05, 0.1) is 22.7 Å². The highest BCUT2D eigenvalue weighted by atomic mass is 15.2. The first-order chi connectivity index (χ1) is 10.3. The minimum absolute atomic E-state index is 0.996. The van der Waals surface area contributed by atoms with Crippen LogP contribution in [-0.4, -0.2) is 19.2 Å². The summed E-state index contributed by atoms with van der Waals surface area (Å²) < 4.78 is 4.13. The number of pyridine rings is 2. The van der Waals surface area contributed by atoms with Gasteiger partial charge in [-0.3, -0.25) is 4.98 Å². The Labute approximate surface area is 120 Å². The molecule has 0 aliphatic rings. The third-order valence-corrected chi connectivity index (χ3v) is 4.21. The van der Waals surface area contributed by atoms with E-state index >= 15 is 0 Å². The van der Waals surface area contributed by atoms with Crippen LogP contribution in [0, 0.1) is 0 Å². The van der Waals surface area contributed by atoms with Crippen LogP contribution in [0.15, 0.2) is 55.0 Å². The Bertz CT molecular complexity index is 1150. The zero-order chi connectivity index (χ0) is 14.0. The fourth-order valence-electron chi connectivity index (χ4n) is 3.20. The number of aryl methyl sites for hydroxylation is 1. The van der Waals surface area contributed by atoms with Crippen LogP contribution in [0.5, 0.6) is 0 Å². The first-order valence-corrected chi connectivity index (χ1v) is 6.92. The molecule has 0 bridgehead atoms. The van der Waals surface area contributed by atoms with E-state index in [9.17, 15) is 0 Å². The fourth-order valence-corrected chi connectivity index (χ4v) is 3.20. The molecule has 0 N–H and O–H groups in total. The molecule has 5 rings (SSSR count). The van der Waals surface area contributed by atoms with Crippen LogP contribution in [0.4, 0.5) is 0 Å².